The van der Waals surface area contributed by atoms with Crippen molar-refractivity contribution in [2.24, 2.45) is 16.6 Å². The Labute approximate surface area is 131 Å². The first-order valence-electron chi connectivity index (χ1n) is 6.48. The first-order valence-corrected chi connectivity index (χ1v) is 6.48. The topological polar surface area (TPSA) is 61.8 Å². The van der Waals surface area contributed by atoms with Crippen molar-refractivity contribution in [2.75, 3.05) is 13.1 Å². The minimum Gasteiger partial charge on any atom is -0.508 e. The highest BCUT2D eigenvalue weighted by atomic mass is 127. The summed E-state index contributed by atoms with van der Waals surface area (Å²) < 4.78 is 0. The minimum atomic E-state index is 0. The van der Waals surface area contributed by atoms with Gasteiger partial charge < -0.3 is 15.7 Å². The minimum absolute atomic E-state index is 0. The summed E-state index contributed by atoms with van der Waals surface area (Å²) in [4.78, 5) is 6.54. The average molecular weight is 375 g/mol. The van der Waals surface area contributed by atoms with Crippen molar-refractivity contribution in [3.05, 3.63) is 29.8 Å². The number of nitrogens with zero attached hydrogens (tertiary/aromatic N) is 2. The molecule has 0 atom stereocenters. The Hall–Kier alpha value is -0.980. The fourth-order valence-corrected chi connectivity index (χ4v) is 2.16. The van der Waals surface area contributed by atoms with Crippen LogP contribution in [0.25, 0.3) is 0 Å². The van der Waals surface area contributed by atoms with Crippen molar-refractivity contribution in [1.82, 2.24) is 4.90 Å². The van der Waals surface area contributed by atoms with E-state index in [0.717, 1.165) is 24.6 Å². The van der Waals surface area contributed by atoms with Crippen LogP contribution in [0.3, 0.4) is 0 Å². The Kier molecular flexibility index (Phi) is 6.41. The van der Waals surface area contributed by atoms with Crippen LogP contribution in [0.4, 0.5) is 0 Å². The molecule has 3 N–H and O–H groups in total. The number of piperidine rings is 1. The summed E-state index contributed by atoms with van der Waals surface area (Å²) in [6, 6.07) is 7.13. The lowest BCUT2D eigenvalue weighted by molar-refractivity contribution is 0.277. The molecule has 106 valence electrons. The van der Waals surface area contributed by atoms with Crippen LogP contribution in [0, 0.1) is 5.92 Å². The number of halogens is 1. The highest BCUT2D eigenvalue weighted by Crippen LogP contribution is 2.16. The van der Waals surface area contributed by atoms with Crippen LogP contribution < -0.4 is 5.73 Å². The quantitative estimate of drug-likeness (QED) is 0.475. The Morgan fingerprint density at radius 3 is 2.74 bits per heavy atom. The number of likely N-dealkylation sites (tertiary alicyclic amines) is 1. The summed E-state index contributed by atoms with van der Waals surface area (Å²) in [5.74, 6) is 1.68. The number of phenolic OH excluding ortho intramolecular Hbond substituents is 1. The van der Waals surface area contributed by atoms with E-state index < -0.39 is 0 Å². The van der Waals surface area contributed by atoms with E-state index in [0.29, 0.717) is 12.5 Å². The van der Waals surface area contributed by atoms with E-state index in [2.05, 4.69) is 16.8 Å². The second kappa shape index (κ2) is 7.57. The van der Waals surface area contributed by atoms with Crippen molar-refractivity contribution in [1.29, 1.82) is 0 Å². The number of benzene rings is 1. The molecular weight excluding hydrogens is 353 g/mol. The fraction of sp³-hybridized carbons (Fsp3) is 0.500. The maximum atomic E-state index is 9.37. The predicted molar refractivity (Wildman–Crippen MR) is 88.8 cm³/mol. The molecule has 0 spiro atoms. The van der Waals surface area contributed by atoms with Crippen LogP contribution in [0.15, 0.2) is 29.3 Å². The number of aromatic hydroxyl groups is 1. The molecule has 1 aliphatic heterocycles. The van der Waals surface area contributed by atoms with Gasteiger partial charge in [0.15, 0.2) is 5.96 Å². The zero-order valence-corrected chi connectivity index (χ0v) is 13.6. The molecule has 4 nitrogen and oxygen atoms in total. The second-order valence-electron chi connectivity index (χ2n) is 5.01. The van der Waals surface area contributed by atoms with Crippen LogP contribution >= 0.6 is 24.0 Å². The molecule has 0 amide bonds. The van der Waals surface area contributed by atoms with E-state index >= 15 is 0 Å². The van der Waals surface area contributed by atoms with Gasteiger partial charge in [0.2, 0.25) is 0 Å². The molecule has 2 rings (SSSR count). The standard InChI is InChI=1S/C14H21N3O.HI/c1-11-5-7-17(8-6-11)14(15)16-10-12-3-2-4-13(18)9-12;/h2-4,9,11,18H,5-8,10H2,1H3,(H2,15,16);1H. The zero-order chi connectivity index (χ0) is 13.0. The molecule has 0 aliphatic carbocycles. The van der Waals surface area contributed by atoms with E-state index in [1.165, 1.54) is 12.8 Å². The highest BCUT2D eigenvalue weighted by Gasteiger charge is 2.16. The molecule has 5 heteroatoms. The van der Waals surface area contributed by atoms with Gasteiger partial charge in [0.1, 0.15) is 5.75 Å². The molecule has 0 aromatic heterocycles. The SMILES string of the molecule is CC1CCN(C(N)=NCc2cccc(O)c2)CC1.I. The van der Waals surface area contributed by atoms with E-state index in [-0.39, 0.29) is 29.7 Å². The van der Waals surface area contributed by atoms with Gasteiger partial charge in [-0.2, -0.15) is 0 Å². The molecular formula is C14H22IN3O. The Morgan fingerprint density at radius 1 is 1.42 bits per heavy atom. The van der Waals surface area contributed by atoms with Gasteiger partial charge >= 0.3 is 0 Å². The van der Waals surface area contributed by atoms with Crippen molar-refractivity contribution in [2.45, 2.75) is 26.3 Å². The van der Waals surface area contributed by atoms with E-state index in [4.69, 9.17) is 5.73 Å². The van der Waals surface area contributed by atoms with Gasteiger partial charge in [-0.3, -0.25) is 0 Å². The third-order valence-corrected chi connectivity index (χ3v) is 3.44. The number of hydrogen-bond donors (Lipinski definition) is 2. The number of guanidine groups is 1. The lowest BCUT2D eigenvalue weighted by Gasteiger charge is -2.31. The summed E-state index contributed by atoms with van der Waals surface area (Å²) >= 11 is 0. The average Bonchev–Trinajstić information content (AvgIpc) is 2.37. The zero-order valence-electron chi connectivity index (χ0n) is 11.2. The van der Waals surface area contributed by atoms with Crippen molar-refractivity contribution < 1.29 is 5.11 Å². The van der Waals surface area contributed by atoms with Gasteiger partial charge in [-0.1, -0.05) is 19.1 Å². The molecule has 0 bridgehead atoms. The van der Waals surface area contributed by atoms with Crippen LogP contribution in [0.5, 0.6) is 5.75 Å². The first kappa shape index (κ1) is 16.1. The van der Waals surface area contributed by atoms with E-state index in [9.17, 15) is 5.11 Å². The third kappa shape index (κ3) is 4.89. The van der Waals surface area contributed by atoms with Crippen LogP contribution in [0.2, 0.25) is 0 Å². The highest BCUT2D eigenvalue weighted by molar-refractivity contribution is 14.0. The molecule has 1 saturated heterocycles. The Balaban J connectivity index is 0.00000180. The Bertz CT molecular complexity index is 428. The van der Waals surface area contributed by atoms with Gasteiger partial charge in [0.05, 0.1) is 6.54 Å². The van der Waals surface area contributed by atoms with Gasteiger partial charge in [-0.15, -0.1) is 24.0 Å². The summed E-state index contributed by atoms with van der Waals surface area (Å²) in [7, 11) is 0. The van der Waals surface area contributed by atoms with E-state index in [1.807, 2.05) is 12.1 Å². The van der Waals surface area contributed by atoms with Crippen molar-refractivity contribution in [3.8, 4) is 5.75 Å². The monoisotopic (exact) mass is 375 g/mol. The number of hydrogen-bond acceptors (Lipinski definition) is 2. The number of aliphatic imine (C=N–C) groups is 1. The fourth-order valence-electron chi connectivity index (χ4n) is 2.16. The summed E-state index contributed by atoms with van der Waals surface area (Å²) in [6.07, 6.45) is 2.37. The smallest absolute Gasteiger partial charge is 0.191 e. The normalized spacial score (nSPS) is 17.1. The summed E-state index contributed by atoms with van der Waals surface area (Å²) in [5, 5.41) is 9.37. The Morgan fingerprint density at radius 2 is 2.11 bits per heavy atom. The van der Waals surface area contributed by atoms with Crippen molar-refractivity contribution >= 4 is 29.9 Å². The second-order valence-corrected chi connectivity index (χ2v) is 5.01. The molecule has 1 aromatic carbocycles. The molecule has 1 aliphatic rings. The van der Waals surface area contributed by atoms with Crippen molar-refractivity contribution in [3.63, 3.8) is 0 Å². The van der Waals surface area contributed by atoms with Gasteiger partial charge in [0, 0.05) is 13.1 Å². The van der Waals surface area contributed by atoms with E-state index in [1.54, 1.807) is 12.1 Å². The molecule has 19 heavy (non-hydrogen) atoms. The lowest BCUT2D eigenvalue weighted by Crippen LogP contribution is -2.42. The molecule has 1 aromatic rings. The molecule has 0 saturated carbocycles. The molecule has 0 radical (unpaired) electrons. The van der Waals surface area contributed by atoms with Gasteiger partial charge in [0.25, 0.3) is 0 Å². The largest absolute Gasteiger partial charge is 0.508 e. The number of rotatable bonds is 2. The summed E-state index contributed by atoms with van der Waals surface area (Å²) in [6.45, 7) is 4.79. The van der Waals surface area contributed by atoms with Crippen LogP contribution in [-0.4, -0.2) is 29.1 Å². The maximum Gasteiger partial charge on any atom is 0.191 e. The number of phenols is 1. The lowest BCUT2D eigenvalue weighted by atomic mass is 10.00. The van der Waals surface area contributed by atoms with Crippen LogP contribution in [0.1, 0.15) is 25.3 Å². The van der Waals surface area contributed by atoms with Crippen LogP contribution in [-0.2, 0) is 6.54 Å². The first-order chi connectivity index (χ1) is 8.65. The maximum absolute atomic E-state index is 9.37. The molecule has 0 unspecified atom stereocenters. The van der Waals surface area contributed by atoms with Gasteiger partial charge in [-0.05, 0) is 36.5 Å². The summed E-state index contributed by atoms with van der Waals surface area (Å²) in [5.41, 5.74) is 6.97. The number of nitrogens with two attached hydrogens (primary N) is 1. The predicted octanol–water partition coefficient (Wildman–Crippen LogP) is 2.56. The van der Waals surface area contributed by atoms with Gasteiger partial charge in [-0.25, -0.2) is 4.99 Å². The molecule has 1 heterocycles. The third-order valence-electron chi connectivity index (χ3n) is 3.44. The molecule has 1 fully saturated rings.